The fourth-order valence-corrected chi connectivity index (χ4v) is 5.94. The molecule has 16 heteroatoms. The van der Waals surface area contributed by atoms with E-state index < -0.39 is 94.4 Å². The van der Waals surface area contributed by atoms with E-state index in [4.69, 9.17) is 4.74 Å². The number of ether oxygens (including phenoxy) is 1. The molecule has 0 fully saturated rings. The number of benzene rings is 2. The van der Waals surface area contributed by atoms with E-state index in [9.17, 15) is 47.4 Å². The van der Waals surface area contributed by atoms with Crippen molar-refractivity contribution in [1.29, 1.82) is 0 Å². The number of alkyl carbamates (subject to hydrolysis) is 1. The molecule has 280 valence electrons. The molecule has 1 aliphatic rings. The molecule has 4 amide bonds. The van der Waals surface area contributed by atoms with Gasteiger partial charge in [-0.1, -0.05) is 86.7 Å². The van der Waals surface area contributed by atoms with Crippen LogP contribution in [0.5, 0.6) is 0 Å². The van der Waals surface area contributed by atoms with Crippen molar-refractivity contribution in [2.75, 3.05) is 6.26 Å². The number of nitrogens with one attached hydrogen (secondary N) is 4. The van der Waals surface area contributed by atoms with Crippen LogP contribution in [0.25, 0.3) is 0 Å². The Balaban J connectivity index is 1.82. The zero-order valence-electron chi connectivity index (χ0n) is 29.0. The second-order valence-electron chi connectivity index (χ2n) is 12.8. The number of allylic oxidation sites excluding steroid dienone is 2. The summed E-state index contributed by atoms with van der Waals surface area (Å²) < 4.78 is 27.9. The van der Waals surface area contributed by atoms with E-state index >= 15 is 0 Å². The number of aliphatic carboxylic acids is 2. The molecule has 6 N–H and O–H groups in total. The molecule has 52 heavy (non-hydrogen) atoms. The Hall–Kier alpha value is -5.51. The molecule has 0 saturated heterocycles. The molecule has 4 unspecified atom stereocenters. The first-order valence-electron chi connectivity index (χ1n) is 16.5. The minimum Gasteiger partial charge on any atom is -0.481 e. The second-order valence-corrected chi connectivity index (χ2v) is 14.7. The molecule has 1 aliphatic carbocycles. The molecule has 2 aromatic rings. The van der Waals surface area contributed by atoms with E-state index in [2.05, 4.69) is 21.3 Å². The topological polar surface area (TPSA) is 234 Å². The summed E-state index contributed by atoms with van der Waals surface area (Å²) in [6.45, 7) is 3.15. The lowest BCUT2D eigenvalue weighted by atomic mass is 9.93. The molecule has 0 heterocycles. The largest absolute Gasteiger partial charge is 0.481 e. The van der Waals surface area contributed by atoms with Crippen LogP contribution >= 0.6 is 0 Å². The van der Waals surface area contributed by atoms with Crippen molar-refractivity contribution in [3.63, 3.8) is 0 Å². The van der Waals surface area contributed by atoms with Gasteiger partial charge in [0, 0.05) is 11.7 Å². The minimum absolute atomic E-state index is 0.140. The number of hydrogen-bond acceptors (Lipinski definition) is 9. The van der Waals surface area contributed by atoms with E-state index in [1.165, 1.54) is 18.2 Å². The van der Waals surface area contributed by atoms with Crippen molar-refractivity contribution in [1.82, 2.24) is 21.3 Å². The predicted molar refractivity (Wildman–Crippen MR) is 189 cm³/mol. The monoisotopic (exact) mass is 740 g/mol. The highest BCUT2D eigenvalue weighted by atomic mass is 32.2. The van der Waals surface area contributed by atoms with Crippen LogP contribution in [0.4, 0.5) is 4.79 Å². The molecule has 15 nitrogen and oxygen atoms in total. The first-order chi connectivity index (χ1) is 24.5. The SMILES string of the molecule is CC(C)C(NC(=O)C(NC(=O)C(CC(=O)O)NC(=O)OCc1ccccc1)C1Cc2ccccc2C1)C(=O)NC(C=CC=CS(C)(=O)=O)CC(=O)O. The second kappa shape index (κ2) is 19.2. The third-order valence-corrected chi connectivity index (χ3v) is 8.74. The summed E-state index contributed by atoms with van der Waals surface area (Å²) in [7, 11) is -3.45. The van der Waals surface area contributed by atoms with Crippen molar-refractivity contribution >= 4 is 45.6 Å². The molecule has 4 atom stereocenters. The lowest BCUT2D eigenvalue weighted by Gasteiger charge is -2.30. The zero-order valence-corrected chi connectivity index (χ0v) is 29.8. The summed E-state index contributed by atoms with van der Waals surface area (Å²) >= 11 is 0. The van der Waals surface area contributed by atoms with Crippen molar-refractivity contribution in [3.8, 4) is 0 Å². The number of sulfone groups is 1. The van der Waals surface area contributed by atoms with Crippen LogP contribution < -0.4 is 21.3 Å². The van der Waals surface area contributed by atoms with Gasteiger partial charge in [-0.25, -0.2) is 13.2 Å². The fraction of sp³-hybridized carbons (Fsp3) is 0.389. The molecule has 0 radical (unpaired) electrons. The molecular formula is C36H44N4O11S. The van der Waals surface area contributed by atoms with E-state index in [1.54, 1.807) is 44.2 Å². The lowest BCUT2D eigenvalue weighted by molar-refractivity contribution is -0.140. The normalized spacial score (nSPS) is 15.3. The first-order valence-corrected chi connectivity index (χ1v) is 18.4. The maximum absolute atomic E-state index is 14.0. The number of rotatable bonds is 18. The molecule has 2 aromatic carbocycles. The van der Waals surface area contributed by atoms with Crippen LogP contribution in [0.2, 0.25) is 0 Å². The average Bonchev–Trinajstić information content (AvgIpc) is 3.50. The van der Waals surface area contributed by atoms with Crippen LogP contribution in [0, 0.1) is 11.8 Å². The minimum atomic E-state index is -3.45. The van der Waals surface area contributed by atoms with Crippen molar-refractivity contribution in [2.24, 2.45) is 11.8 Å². The Kier molecular flexibility index (Phi) is 15.1. The van der Waals surface area contributed by atoms with Crippen LogP contribution in [0.3, 0.4) is 0 Å². The van der Waals surface area contributed by atoms with Crippen LogP contribution in [-0.4, -0.2) is 84.8 Å². The number of fused-ring (bicyclic) bond motifs is 1. The maximum atomic E-state index is 14.0. The van der Waals surface area contributed by atoms with Crippen LogP contribution in [0.1, 0.15) is 43.4 Å². The van der Waals surface area contributed by atoms with Gasteiger partial charge in [-0.05, 0) is 41.4 Å². The quantitative estimate of drug-likeness (QED) is 0.121. The number of carbonyl (C=O) groups is 6. The van der Waals surface area contributed by atoms with Crippen LogP contribution in [-0.2, 0) is 58.0 Å². The Bertz CT molecular complexity index is 1750. The standard InChI is InChI=1S/C36H44N4O11S/c1-22(2)31(34(46)37-27(19-29(41)42)15-9-10-16-52(3,49)50)39-35(47)32(26-17-24-13-7-8-14-25(24)18-26)40-33(45)28(20-30(43)44)38-36(48)51-21-23-11-5-4-6-12-23/h4-16,22,26-28,31-32H,17-21H2,1-3H3,(H,37,46)(H,38,48)(H,39,47)(H,40,45)(H,41,42)(H,43,44). The van der Waals surface area contributed by atoms with E-state index in [1.807, 2.05) is 24.3 Å². The van der Waals surface area contributed by atoms with Gasteiger partial charge in [0.05, 0.1) is 18.9 Å². The third kappa shape index (κ3) is 13.7. The summed E-state index contributed by atoms with van der Waals surface area (Å²) in [6.07, 6.45) is 3.07. The van der Waals surface area contributed by atoms with Gasteiger partial charge in [-0.15, -0.1) is 0 Å². The van der Waals surface area contributed by atoms with Gasteiger partial charge in [0.1, 0.15) is 24.7 Å². The van der Waals surface area contributed by atoms with E-state index in [0.717, 1.165) is 22.8 Å². The Morgan fingerprint density at radius 3 is 1.94 bits per heavy atom. The van der Waals surface area contributed by atoms with E-state index in [0.29, 0.717) is 18.4 Å². The number of hydrogen-bond donors (Lipinski definition) is 6. The van der Waals surface area contributed by atoms with Gasteiger partial charge in [0.25, 0.3) is 0 Å². The highest BCUT2D eigenvalue weighted by Crippen LogP contribution is 2.29. The molecule has 0 saturated carbocycles. The van der Waals surface area contributed by atoms with Gasteiger partial charge in [-0.2, -0.15) is 0 Å². The molecule has 0 aliphatic heterocycles. The van der Waals surface area contributed by atoms with Gasteiger partial charge >= 0.3 is 18.0 Å². The number of carboxylic acid groups (broad SMARTS) is 2. The number of carbonyl (C=O) groups excluding carboxylic acids is 4. The Labute approximate surface area is 301 Å². The van der Waals surface area contributed by atoms with Gasteiger partial charge in [0.15, 0.2) is 9.84 Å². The number of carboxylic acids is 2. The Morgan fingerprint density at radius 2 is 1.38 bits per heavy atom. The third-order valence-electron chi connectivity index (χ3n) is 8.08. The smallest absolute Gasteiger partial charge is 0.408 e. The van der Waals surface area contributed by atoms with Crippen LogP contribution in [0.15, 0.2) is 78.2 Å². The lowest BCUT2D eigenvalue weighted by Crippen LogP contribution is -2.60. The summed E-state index contributed by atoms with van der Waals surface area (Å²) in [5.74, 6) is -6.15. The molecule has 0 bridgehead atoms. The summed E-state index contributed by atoms with van der Waals surface area (Å²) in [4.78, 5) is 76.9. The zero-order chi connectivity index (χ0) is 38.4. The number of amides is 4. The maximum Gasteiger partial charge on any atom is 0.408 e. The molecule has 3 rings (SSSR count). The summed E-state index contributed by atoms with van der Waals surface area (Å²) in [5.41, 5.74) is 2.54. The molecular weight excluding hydrogens is 696 g/mol. The first kappa shape index (κ1) is 40.9. The van der Waals surface area contributed by atoms with Gasteiger partial charge in [0.2, 0.25) is 17.7 Å². The fourth-order valence-electron chi connectivity index (χ4n) is 5.56. The van der Waals surface area contributed by atoms with Crippen molar-refractivity contribution < 1.29 is 52.1 Å². The average molecular weight is 741 g/mol. The van der Waals surface area contributed by atoms with Crippen molar-refractivity contribution in [2.45, 2.75) is 70.3 Å². The Morgan fingerprint density at radius 1 is 0.788 bits per heavy atom. The van der Waals surface area contributed by atoms with Gasteiger partial charge < -0.3 is 36.2 Å². The van der Waals surface area contributed by atoms with Crippen molar-refractivity contribution in [3.05, 3.63) is 94.9 Å². The molecule has 0 aromatic heterocycles. The van der Waals surface area contributed by atoms with E-state index in [-0.39, 0.29) is 6.61 Å². The summed E-state index contributed by atoms with van der Waals surface area (Å²) in [5, 5.41) is 29.9. The van der Waals surface area contributed by atoms with Gasteiger partial charge in [-0.3, -0.25) is 24.0 Å². The summed E-state index contributed by atoms with van der Waals surface area (Å²) in [6, 6.07) is 10.9. The predicted octanol–water partition coefficient (Wildman–Crippen LogP) is 1.87. The highest BCUT2D eigenvalue weighted by molar-refractivity contribution is 7.93. The highest BCUT2D eigenvalue weighted by Gasteiger charge is 2.38. The molecule has 0 spiro atoms.